The lowest BCUT2D eigenvalue weighted by Gasteiger charge is -2.36. The first kappa shape index (κ1) is 26.0. The van der Waals surface area contributed by atoms with Gasteiger partial charge in [0.25, 0.3) is 0 Å². The number of ketones is 1. The van der Waals surface area contributed by atoms with E-state index in [1.54, 1.807) is 6.92 Å². The summed E-state index contributed by atoms with van der Waals surface area (Å²) < 4.78 is 1.93. The molecule has 0 spiro atoms. The summed E-state index contributed by atoms with van der Waals surface area (Å²) in [5, 5.41) is 0. The first-order valence-corrected chi connectivity index (χ1v) is 13.3. The maximum atomic E-state index is 12.5. The van der Waals surface area contributed by atoms with Crippen LogP contribution in [0, 0.1) is 6.92 Å². The van der Waals surface area contributed by atoms with Gasteiger partial charge in [0.05, 0.1) is 0 Å². The topological polar surface area (TPSA) is 40.9 Å². The molecular weight excluding hydrogens is 480 g/mol. The van der Waals surface area contributed by atoms with Crippen molar-refractivity contribution in [1.82, 2.24) is 9.38 Å². The molecule has 0 radical (unpaired) electrons. The molecule has 196 valence electrons. The number of Topliss-reactive ketones (excluding diaryl/α,β-unsaturated/α-hetero) is 1. The highest BCUT2D eigenvalue weighted by molar-refractivity contribution is 6.12. The standard InChI is InChI=1S/C18H15NO.C16H19N3/c1-13(2)18(20)17-16(14-8-4-3-5-9-14)12-15-10-6-7-11-19(15)17;1-14-5-7-15(8-6-14)18-10-12-19(13-11-18)16-4-2-3-9-17-16/h3-12H,1H2,2H3;2-9H,10-13H2,1H3. The number of benzene rings is 2. The van der Waals surface area contributed by atoms with Crippen molar-refractivity contribution in [3.63, 3.8) is 0 Å². The third-order valence-corrected chi connectivity index (χ3v) is 7.02. The highest BCUT2D eigenvalue weighted by Crippen LogP contribution is 2.29. The maximum Gasteiger partial charge on any atom is 0.205 e. The van der Waals surface area contributed by atoms with Crippen LogP contribution in [0.4, 0.5) is 11.5 Å². The Hall–Kier alpha value is -4.64. The number of pyridine rings is 2. The van der Waals surface area contributed by atoms with Gasteiger partial charge in [0, 0.05) is 55.3 Å². The number of piperazine rings is 1. The summed E-state index contributed by atoms with van der Waals surface area (Å²) in [5.41, 5.74) is 6.87. The Kier molecular flexibility index (Phi) is 7.88. The van der Waals surface area contributed by atoms with Crippen LogP contribution >= 0.6 is 0 Å². The Labute approximate surface area is 230 Å². The number of anilines is 2. The molecule has 0 unspecified atom stereocenters. The predicted molar refractivity (Wildman–Crippen MR) is 162 cm³/mol. The molecule has 0 atom stereocenters. The van der Waals surface area contributed by atoms with Crippen LogP contribution in [0.2, 0.25) is 0 Å². The second kappa shape index (κ2) is 11.8. The van der Waals surface area contributed by atoms with Gasteiger partial charge in [-0.1, -0.05) is 66.7 Å². The zero-order chi connectivity index (χ0) is 27.2. The monoisotopic (exact) mass is 514 g/mol. The smallest absolute Gasteiger partial charge is 0.205 e. The van der Waals surface area contributed by atoms with E-state index >= 15 is 0 Å². The lowest BCUT2D eigenvalue weighted by Crippen LogP contribution is -2.46. The van der Waals surface area contributed by atoms with Gasteiger partial charge in [-0.15, -0.1) is 0 Å². The molecule has 5 aromatic rings. The number of nitrogens with zero attached hydrogens (tertiary/aromatic N) is 4. The normalized spacial score (nSPS) is 13.1. The minimum absolute atomic E-state index is 0.0185. The third kappa shape index (κ3) is 5.93. The number of carbonyl (C=O) groups is 1. The number of fused-ring (bicyclic) bond motifs is 1. The van der Waals surface area contributed by atoms with Gasteiger partial charge in [-0.2, -0.15) is 0 Å². The van der Waals surface area contributed by atoms with Crippen molar-refractivity contribution in [1.29, 1.82) is 0 Å². The Bertz CT molecular complexity index is 1550. The lowest BCUT2D eigenvalue weighted by molar-refractivity contribution is 0.103. The molecule has 0 amide bonds. The van der Waals surface area contributed by atoms with Gasteiger partial charge in [0.15, 0.2) is 0 Å². The molecule has 6 rings (SSSR count). The number of hydrogen-bond donors (Lipinski definition) is 0. The van der Waals surface area contributed by atoms with Crippen LogP contribution in [-0.2, 0) is 0 Å². The molecule has 5 heteroatoms. The summed E-state index contributed by atoms with van der Waals surface area (Å²) in [5.74, 6) is 1.07. The summed E-state index contributed by atoms with van der Waals surface area (Å²) in [6.07, 6.45) is 3.78. The van der Waals surface area contributed by atoms with E-state index in [0.717, 1.165) is 48.6 Å². The van der Waals surface area contributed by atoms with Crippen molar-refractivity contribution in [2.24, 2.45) is 0 Å². The predicted octanol–water partition coefficient (Wildman–Crippen LogP) is 7.08. The molecule has 1 saturated heterocycles. The van der Waals surface area contributed by atoms with E-state index in [-0.39, 0.29) is 5.78 Å². The van der Waals surface area contributed by atoms with Crippen LogP contribution in [0.5, 0.6) is 0 Å². The second-order valence-corrected chi connectivity index (χ2v) is 9.88. The molecule has 1 fully saturated rings. The fourth-order valence-corrected chi connectivity index (χ4v) is 4.89. The van der Waals surface area contributed by atoms with Crippen molar-refractivity contribution < 1.29 is 4.79 Å². The summed E-state index contributed by atoms with van der Waals surface area (Å²) >= 11 is 0. The van der Waals surface area contributed by atoms with E-state index in [4.69, 9.17) is 0 Å². The minimum atomic E-state index is -0.0185. The lowest BCUT2D eigenvalue weighted by atomic mass is 10.0. The largest absolute Gasteiger partial charge is 0.368 e. The van der Waals surface area contributed by atoms with Crippen molar-refractivity contribution in [3.8, 4) is 11.1 Å². The molecule has 2 aromatic carbocycles. The molecule has 0 bridgehead atoms. The maximum absolute atomic E-state index is 12.5. The van der Waals surface area contributed by atoms with E-state index in [0.29, 0.717) is 11.3 Å². The fourth-order valence-electron chi connectivity index (χ4n) is 4.89. The summed E-state index contributed by atoms with van der Waals surface area (Å²) in [7, 11) is 0. The first-order chi connectivity index (χ1) is 19.0. The van der Waals surface area contributed by atoms with Gasteiger partial charge in [-0.25, -0.2) is 4.98 Å². The van der Waals surface area contributed by atoms with E-state index in [9.17, 15) is 4.79 Å². The summed E-state index contributed by atoms with van der Waals surface area (Å²) in [4.78, 5) is 21.7. The van der Waals surface area contributed by atoms with Crippen molar-refractivity contribution in [2.45, 2.75) is 13.8 Å². The molecular formula is C34H34N4O. The third-order valence-electron chi connectivity index (χ3n) is 7.02. The first-order valence-electron chi connectivity index (χ1n) is 13.3. The van der Waals surface area contributed by atoms with Gasteiger partial charge in [-0.3, -0.25) is 4.79 Å². The number of rotatable bonds is 5. The molecule has 0 aliphatic carbocycles. The molecule has 0 saturated carbocycles. The average molecular weight is 515 g/mol. The quantitative estimate of drug-likeness (QED) is 0.186. The van der Waals surface area contributed by atoms with Gasteiger partial charge in [-0.05, 0) is 67.4 Å². The fraction of sp³-hybridized carbons (Fsp3) is 0.176. The van der Waals surface area contributed by atoms with Gasteiger partial charge in [0.1, 0.15) is 11.5 Å². The SMILES string of the molecule is C=C(C)C(=O)c1c(-c2ccccc2)cc2ccccn12.Cc1ccc(N2CCN(c3ccccn3)CC2)cc1. The van der Waals surface area contributed by atoms with Gasteiger partial charge < -0.3 is 14.2 Å². The highest BCUT2D eigenvalue weighted by Gasteiger charge is 2.19. The number of hydrogen-bond acceptors (Lipinski definition) is 4. The number of allylic oxidation sites excluding steroid dienone is 1. The highest BCUT2D eigenvalue weighted by atomic mass is 16.1. The number of aromatic nitrogens is 2. The van der Waals surface area contributed by atoms with Crippen LogP contribution in [0.25, 0.3) is 16.6 Å². The Balaban J connectivity index is 0.000000158. The van der Waals surface area contributed by atoms with Crippen LogP contribution in [-0.4, -0.2) is 41.3 Å². The van der Waals surface area contributed by atoms with E-state index < -0.39 is 0 Å². The van der Waals surface area contributed by atoms with Crippen LogP contribution < -0.4 is 9.80 Å². The Morgan fingerprint density at radius 3 is 2.13 bits per heavy atom. The molecule has 0 N–H and O–H groups in total. The molecule has 1 aliphatic rings. The van der Waals surface area contributed by atoms with E-state index in [1.807, 2.05) is 77.5 Å². The summed E-state index contributed by atoms with van der Waals surface area (Å²) in [6.45, 7) is 11.8. The van der Waals surface area contributed by atoms with Crippen molar-refractivity contribution in [3.05, 3.63) is 133 Å². The average Bonchev–Trinajstić information content (AvgIpc) is 3.38. The Morgan fingerprint density at radius 1 is 0.795 bits per heavy atom. The van der Waals surface area contributed by atoms with Gasteiger partial charge >= 0.3 is 0 Å². The molecule has 3 aromatic heterocycles. The van der Waals surface area contributed by atoms with Crippen molar-refractivity contribution in [2.75, 3.05) is 36.0 Å². The minimum Gasteiger partial charge on any atom is -0.368 e. The number of carbonyl (C=O) groups excluding carboxylic acids is 1. The van der Waals surface area contributed by atoms with Crippen molar-refractivity contribution >= 4 is 22.8 Å². The summed E-state index contributed by atoms with van der Waals surface area (Å²) in [6, 6.07) is 32.8. The second-order valence-electron chi connectivity index (χ2n) is 9.88. The van der Waals surface area contributed by atoms with E-state index in [1.165, 1.54) is 11.3 Å². The van der Waals surface area contributed by atoms with E-state index in [2.05, 4.69) is 64.7 Å². The number of aryl methyl sites for hydroxylation is 1. The zero-order valence-electron chi connectivity index (χ0n) is 22.6. The molecule has 1 aliphatic heterocycles. The zero-order valence-corrected chi connectivity index (χ0v) is 22.6. The van der Waals surface area contributed by atoms with Crippen LogP contribution in [0.15, 0.2) is 122 Å². The Morgan fingerprint density at radius 2 is 1.46 bits per heavy atom. The molecule has 5 nitrogen and oxygen atoms in total. The molecule has 4 heterocycles. The molecule has 39 heavy (non-hydrogen) atoms. The van der Waals surface area contributed by atoms with Crippen LogP contribution in [0.1, 0.15) is 23.0 Å². The van der Waals surface area contributed by atoms with Crippen LogP contribution in [0.3, 0.4) is 0 Å². The van der Waals surface area contributed by atoms with Gasteiger partial charge in [0.2, 0.25) is 5.78 Å².